The third-order valence-corrected chi connectivity index (χ3v) is 3.57. The van der Waals surface area contributed by atoms with Crippen molar-refractivity contribution in [1.82, 2.24) is 4.57 Å². The van der Waals surface area contributed by atoms with Crippen LogP contribution in [0, 0.1) is 5.82 Å². The summed E-state index contributed by atoms with van der Waals surface area (Å²) in [5.74, 6) is -0.372. The molecule has 0 radical (unpaired) electrons. The van der Waals surface area contributed by atoms with E-state index in [9.17, 15) is 9.18 Å². The lowest BCUT2D eigenvalue weighted by atomic mass is 10.1. The van der Waals surface area contributed by atoms with Gasteiger partial charge in [-0.25, -0.2) is 9.18 Å². The van der Waals surface area contributed by atoms with Crippen molar-refractivity contribution >= 4 is 22.0 Å². The Bertz CT molecular complexity index is 765. The van der Waals surface area contributed by atoms with Gasteiger partial charge in [0.05, 0.1) is 19.9 Å². The lowest BCUT2D eigenvalue weighted by Crippen LogP contribution is -2.27. The van der Waals surface area contributed by atoms with E-state index < -0.39 is 17.5 Å². The summed E-state index contributed by atoms with van der Waals surface area (Å²) in [5.41, 5.74) is -0.125. The molecule has 0 aliphatic rings. The van der Waals surface area contributed by atoms with Gasteiger partial charge in [0, 0.05) is 16.2 Å². The largest absolute Gasteiger partial charge is 0.493 e. The Hall–Kier alpha value is -2.02. The molecule has 0 spiro atoms. The Kier molecular flexibility index (Phi) is 5.22. The SMILES string of the molecule is COc1ccc(-c2cc(Br)cn2C(=O)OC(C)(C)C)c(F)c1OC. The molecule has 1 aromatic carbocycles. The Balaban J connectivity index is 2.56. The standard InChI is InChI=1S/C17H19BrFNO4/c1-17(2,3)24-16(21)20-9-10(18)8-12(20)11-6-7-13(22-4)15(23-5)14(11)19/h6-9H,1-5H3. The van der Waals surface area contributed by atoms with E-state index in [4.69, 9.17) is 14.2 Å². The minimum Gasteiger partial charge on any atom is -0.493 e. The van der Waals surface area contributed by atoms with Crippen molar-refractivity contribution in [3.8, 4) is 22.8 Å². The summed E-state index contributed by atoms with van der Waals surface area (Å²) in [6.07, 6.45) is 0.928. The molecule has 0 atom stereocenters. The second kappa shape index (κ2) is 6.84. The maximum Gasteiger partial charge on any atom is 0.419 e. The van der Waals surface area contributed by atoms with E-state index in [0.29, 0.717) is 10.2 Å². The Labute approximate surface area is 148 Å². The fourth-order valence-corrected chi connectivity index (χ4v) is 2.61. The number of hydrogen-bond acceptors (Lipinski definition) is 4. The summed E-state index contributed by atoms with van der Waals surface area (Å²) in [5, 5.41) is 0. The highest BCUT2D eigenvalue weighted by molar-refractivity contribution is 9.10. The van der Waals surface area contributed by atoms with Crippen LogP contribution in [0.25, 0.3) is 11.3 Å². The molecule has 0 fully saturated rings. The number of rotatable bonds is 3. The van der Waals surface area contributed by atoms with Crippen LogP contribution in [0.5, 0.6) is 11.5 Å². The molecule has 0 bridgehead atoms. The fourth-order valence-electron chi connectivity index (χ4n) is 2.19. The van der Waals surface area contributed by atoms with Gasteiger partial charge in [-0.15, -0.1) is 0 Å². The first kappa shape index (κ1) is 18.3. The van der Waals surface area contributed by atoms with Crippen LogP contribution in [0.3, 0.4) is 0 Å². The summed E-state index contributed by atoms with van der Waals surface area (Å²) in [6.45, 7) is 5.29. The van der Waals surface area contributed by atoms with Crippen molar-refractivity contribution in [3.63, 3.8) is 0 Å². The van der Waals surface area contributed by atoms with E-state index in [1.54, 1.807) is 32.9 Å². The molecule has 24 heavy (non-hydrogen) atoms. The van der Waals surface area contributed by atoms with Crippen LogP contribution in [-0.2, 0) is 4.74 Å². The van der Waals surface area contributed by atoms with Crippen LogP contribution in [0.2, 0.25) is 0 Å². The molecule has 7 heteroatoms. The summed E-state index contributed by atoms with van der Waals surface area (Å²) >= 11 is 3.31. The lowest BCUT2D eigenvalue weighted by molar-refractivity contribution is 0.0540. The molecular weight excluding hydrogens is 381 g/mol. The normalized spacial score (nSPS) is 11.3. The second-order valence-electron chi connectivity index (χ2n) is 6.06. The molecule has 0 N–H and O–H groups in total. The maximum atomic E-state index is 14.8. The van der Waals surface area contributed by atoms with Crippen LogP contribution >= 0.6 is 15.9 Å². The molecule has 1 heterocycles. The van der Waals surface area contributed by atoms with Gasteiger partial charge in [0.2, 0.25) is 0 Å². The van der Waals surface area contributed by atoms with Crippen molar-refractivity contribution in [1.29, 1.82) is 0 Å². The van der Waals surface area contributed by atoms with Gasteiger partial charge in [-0.05, 0) is 54.9 Å². The molecule has 2 rings (SSSR count). The van der Waals surface area contributed by atoms with E-state index in [1.165, 1.54) is 31.0 Å². The van der Waals surface area contributed by atoms with Gasteiger partial charge in [0.25, 0.3) is 0 Å². The molecule has 0 saturated heterocycles. The van der Waals surface area contributed by atoms with Crippen molar-refractivity contribution in [3.05, 3.63) is 34.7 Å². The molecule has 0 aliphatic heterocycles. The van der Waals surface area contributed by atoms with Crippen molar-refractivity contribution in [2.75, 3.05) is 14.2 Å². The molecule has 5 nitrogen and oxygen atoms in total. The minimum absolute atomic E-state index is 0.0249. The monoisotopic (exact) mass is 399 g/mol. The third-order valence-electron chi connectivity index (χ3n) is 3.14. The maximum absolute atomic E-state index is 14.8. The van der Waals surface area contributed by atoms with Crippen LogP contribution in [-0.4, -0.2) is 30.5 Å². The highest BCUT2D eigenvalue weighted by Gasteiger charge is 2.24. The first-order chi connectivity index (χ1) is 11.2. The number of hydrogen-bond donors (Lipinski definition) is 0. The van der Waals surface area contributed by atoms with Gasteiger partial charge in [0.1, 0.15) is 5.60 Å². The number of aromatic nitrogens is 1. The zero-order valence-corrected chi connectivity index (χ0v) is 15.7. The van der Waals surface area contributed by atoms with Crippen LogP contribution in [0.1, 0.15) is 20.8 Å². The van der Waals surface area contributed by atoms with E-state index in [0.717, 1.165) is 0 Å². The van der Waals surface area contributed by atoms with Gasteiger partial charge in [0.15, 0.2) is 17.3 Å². The zero-order valence-electron chi connectivity index (χ0n) is 14.1. The van der Waals surface area contributed by atoms with E-state index >= 15 is 0 Å². The van der Waals surface area contributed by atoms with Crippen molar-refractivity contribution in [2.45, 2.75) is 26.4 Å². The highest BCUT2D eigenvalue weighted by Crippen LogP contribution is 2.37. The summed E-state index contributed by atoms with van der Waals surface area (Å²) in [4.78, 5) is 12.4. The number of nitrogens with zero attached hydrogens (tertiary/aromatic N) is 1. The molecule has 1 aromatic heterocycles. The molecule has 2 aromatic rings. The molecule has 0 unspecified atom stereocenters. The van der Waals surface area contributed by atoms with Crippen LogP contribution in [0.15, 0.2) is 28.9 Å². The summed E-state index contributed by atoms with van der Waals surface area (Å²) in [6, 6.07) is 4.74. The topological polar surface area (TPSA) is 49.7 Å². The van der Waals surface area contributed by atoms with Gasteiger partial charge in [-0.3, -0.25) is 4.57 Å². The predicted octanol–water partition coefficient (Wildman–Crippen LogP) is 4.86. The minimum atomic E-state index is -0.665. The molecule has 130 valence electrons. The number of carbonyl (C=O) groups excluding carboxylic acids is 1. The summed E-state index contributed by atoms with van der Waals surface area (Å²) in [7, 11) is 2.78. The Morgan fingerprint density at radius 3 is 2.42 bits per heavy atom. The fraction of sp³-hybridized carbons (Fsp3) is 0.353. The van der Waals surface area contributed by atoms with Crippen LogP contribution < -0.4 is 9.47 Å². The van der Waals surface area contributed by atoms with Crippen molar-refractivity contribution in [2.24, 2.45) is 0 Å². The Morgan fingerprint density at radius 2 is 1.88 bits per heavy atom. The van der Waals surface area contributed by atoms with Crippen molar-refractivity contribution < 1.29 is 23.4 Å². The molecular formula is C17H19BrFNO4. The van der Waals surface area contributed by atoms with Gasteiger partial charge in [-0.1, -0.05) is 0 Å². The quantitative estimate of drug-likeness (QED) is 0.739. The second-order valence-corrected chi connectivity index (χ2v) is 6.97. The number of carbonyl (C=O) groups is 1. The molecule has 0 amide bonds. The first-order valence-corrected chi connectivity index (χ1v) is 7.99. The zero-order chi connectivity index (χ0) is 18.1. The number of ether oxygens (including phenoxy) is 3. The number of benzene rings is 1. The number of methoxy groups -OCH3 is 2. The predicted molar refractivity (Wildman–Crippen MR) is 92.3 cm³/mol. The smallest absolute Gasteiger partial charge is 0.419 e. The van der Waals surface area contributed by atoms with Gasteiger partial charge in [-0.2, -0.15) is 0 Å². The van der Waals surface area contributed by atoms with Gasteiger partial charge >= 0.3 is 6.09 Å². The van der Waals surface area contributed by atoms with E-state index in [1.807, 2.05) is 0 Å². The number of halogens is 2. The summed E-state index contributed by atoms with van der Waals surface area (Å²) < 4.78 is 32.2. The molecule has 0 saturated carbocycles. The Morgan fingerprint density at radius 1 is 1.21 bits per heavy atom. The van der Waals surface area contributed by atoms with Gasteiger partial charge < -0.3 is 14.2 Å². The van der Waals surface area contributed by atoms with Crippen LogP contribution in [0.4, 0.5) is 9.18 Å². The van der Waals surface area contributed by atoms with E-state index in [2.05, 4.69) is 15.9 Å². The highest BCUT2D eigenvalue weighted by atomic mass is 79.9. The first-order valence-electron chi connectivity index (χ1n) is 7.20. The average molecular weight is 400 g/mol. The third kappa shape index (κ3) is 3.72. The average Bonchev–Trinajstić information content (AvgIpc) is 2.87. The molecule has 0 aliphatic carbocycles. The lowest BCUT2D eigenvalue weighted by Gasteiger charge is -2.20. The van der Waals surface area contributed by atoms with E-state index in [-0.39, 0.29) is 17.1 Å².